The number of carbonyl (C=O) groups is 3. The van der Waals surface area contributed by atoms with Gasteiger partial charge in [0, 0.05) is 23.4 Å². The summed E-state index contributed by atoms with van der Waals surface area (Å²) in [7, 11) is 0. The molecule has 0 N–H and O–H groups in total. The van der Waals surface area contributed by atoms with E-state index in [0.29, 0.717) is 11.3 Å². The zero-order valence-electron chi connectivity index (χ0n) is 16.1. The van der Waals surface area contributed by atoms with E-state index in [1.165, 1.54) is 0 Å². The Bertz CT molecular complexity index is 1070. The van der Waals surface area contributed by atoms with E-state index >= 15 is 0 Å². The van der Waals surface area contributed by atoms with Crippen LogP contribution in [0.1, 0.15) is 19.4 Å². The molecule has 29 heavy (non-hydrogen) atoms. The Labute approximate surface area is 168 Å². The Balaban J connectivity index is 1.75. The molecule has 0 radical (unpaired) electrons. The molecular weight excluding hydrogens is 368 g/mol. The summed E-state index contributed by atoms with van der Waals surface area (Å²) in [6, 6.07) is 18.1. The zero-order valence-corrected chi connectivity index (χ0v) is 16.1. The van der Waals surface area contributed by atoms with Crippen molar-refractivity contribution >= 4 is 17.8 Å². The lowest BCUT2D eigenvalue weighted by molar-refractivity contribution is -0.144. The number of hydrogen-bond acceptors (Lipinski definition) is 4. The lowest BCUT2D eigenvalue weighted by atomic mass is 10.1. The maximum absolute atomic E-state index is 12.7. The van der Waals surface area contributed by atoms with Crippen molar-refractivity contribution in [2.24, 2.45) is 0 Å². The predicted molar refractivity (Wildman–Crippen MR) is 107 cm³/mol. The van der Waals surface area contributed by atoms with Gasteiger partial charge >= 0.3 is 17.8 Å². The summed E-state index contributed by atoms with van der Waals surface area (Å²) in [6.07, 6.45) is 1.79. The van der Waals surface area contributed by atoms with Crippen LogP contribution in [0.3, 0.4) is 0 Å². The minimum atomic E-state index is -0.810. The van der Waals surface area contributed by atoms with Gasteiger partial charge in [-0.2, -0.15) is 5.10 Å². The number of rotatable bonds is 5. The fraction of sp³-hybridized carbons (Fsp3) is 0.182. The molecule has 0 spiro atoms. The molecule has 1 fully saturated rings. The molecule has 7 nitrogen and oxygen atoms in total. The van der Waals surface area contributed by atoms with E-state index in [1.807, 2.05) is 60.7 Å². The first-order valence-electron chi connectivity index (χ1n) is 9.35. The van der Waals surface area contributed by atoms with Gasteiger partial charge in [0.15, 0.2) is 0 Å². The fourth-order valence-corrected chi connectivity index (χ4v) is 3.36. The molecule has 7 heteroatoms. The van der Waals surface area contributed by atoms with Crippen molar-refractivity contribution in [1.82, 2.24) is 19.6 Å². The van der Waals surface area contributed by atoms with E-state index < -0.39 is 17.8 Å². The van der Waals surface area contributed by atoms with Crippen LogP contribution in [-0.4, -0.2) is 43.5 Å². The van der Waals surface area contributed by atoms with Crippen LogP contribution in [0.5, 0.6) is 0 Å². The van der Waals surface area contributed by atoms with Gasteiger partial charge in [0.2, 0.25) is 0 Å². The molecule has 4 amide bonds. The van der Waals surface area contributed by atoms with Crippen LogP contribution in [-0.2, 0) is 16.1 Å². The van der Waals surface area contributed by atoms with Crippen LogP contribution in [0.2, 0.25) is 0 Å². The second-order valence-electron chi connectivity index (χ2n) is 7.09. The van der Waals surface area contributed by atoms with Gasteiger partial charge in [-0.1, -0.05) is 48.5 Å². The van der Waals surface area contributed by atoms with Crippen molar-refractivity contribution in [1.29, 1.82) is 0 Å². The molecule has 1 aromatic heterocycles. The third-order valence-corrected chi connectivity index (χ3v) is 4.79. The number of urea groups is 1. The van der Waals surface area contributed by atoms with Crippen molar-refractivity contribution in [3.63, 3.8) is 0 Å². The second kappa shape index (κ2) is 7.35. The largest absolute Gasteiger partial charge is 0.334 e. The van der Waals surface area contributed by atoms with Gasteiger partial charge < -0.3 is 0 Å². The van der Waals surface area contributed by atoms with Crippen molar-refractivity contribution in [2.75, 3.05) is 0 Å². The van der Waals surface area contributed by atoms with E-state index in [0.717, 1.165) is 21.1 Å². The van der Waals surface area contributed by atoms with Gasteiger partial charge in [0.25, 0.3) is 0 Å². The number of carbonyl (C=O) groups excluding carboxylic acids is 3. The zero-order chi connectivity index (χ0) is 20.5. The summed E-state index contributed by atoms with van der Waals surface area (Å²) in [5.74, 6) is -1.60. The molecule has 1 aliphatic heterocycles. The number of nitrogens with zero attached hydrogens (tertiary/aromatic N) is 4. The Morgan fingerprint density at radius 2 is 1.48 bits per heavy atom. The Morgan fingerprint density at radius 1 is 0.862 bits per heavy atom. The number of amides is 4. The number of para-hydroxylation sites is 1. The Hall–Kier alpha value is -3.74. The maximum atomic E-state index is 12.7. The summed E-state index contributed by atoms with van der Waals surface area (Å²) in [5.41, 5.74) is 3.06. The topological polar surface area (TPSA) is 75.5 Å². The first-order chi connectivity index (χ1) is 14.0. The highest BCUT2D eigenvalue weighted by Gasteiger charge is 2.45. The van der Waals surface area contributed by atoms with Crippen molar-refractivity contribution in [3.05, 3.63) is 72.4 Å². The van der Waals surface area contributed by atoms with Gasteiger partial charge in [0.1, 0.15) is 0 Å². The quantitative estimate of drug-likeness (QED) is 0.497. The van der Waals surface area contributed by atoms with Crippen LogP contribution in [0, 0.1) is 0 Å². The molecule has 1 saturated heterocycles. The number of imide groups is 2. The van der Waals surface area contributed by atoms with E-state index in [2.05, 4.69) is 5.10 Å². The Morgan fingerprint density at radius 3 is 2.07 bits per heavy atom. The molecule has 4 rings (SSSR count). The highest BCUT2D eigenvalue weighted by Crippen LogP contribution is 2.27. The van der Waals surface area contributed by atoms with Gasteiger partial charge in [-0.05, 0) is 26.0 Å². The molecule has 0 bridgehead atoms. The molecule has 0 saturated carbocycles. The summed E-state index contributed by atoms with van der Waals surface area (Å²) in [4.78, 5) is 39.3. The van der Waals surface area contributed by atoms with Crippen molar-refractivity contribution < 1.29 is 14.4 Å². The lowest BCUT2D eigenvalue weighted by Crippen LogP contribution is -2.37. The molecule has 0 atom stereocenters. The molecule has 146 valence electrons. The molecule has 2 heterocycles. The van der Waals surface area contributed by atoms with E-state index in [-0.39, 0.29) is 12.6 Å². The van der Waals surface area contributed by atoms with Gasteiger partial charge in [-0.25, -0.2) is 9.48 Å². The number of aromatic nitrogens is 2. The van der Waals surface area contributed by atoms with Crippen LogP contribution in [0.4, 0.5) is 4.79 Å². The first kappa shape index (κ1) is 18.6. The second-order valence-corrected chi connectivity index (χ2v) is 7.09. The van der Waals surface area contributed by atoms with Gasteiger partial charge in [-0.3, -0.25) is 19.4 Å². The number of benzene rings is 2. The predicted octanol–water partition coefficient (Wildman–Crippen LogP) is 3.24. The highest BCUT2D eigenvalue weighted by atomic mass is 16.2. The lowest BCUT2D eigenvalue weighted by Gasteiger charge is -2.18. The minimum absolute atomic E-state index is 0.0241. The van der Waals surface area contributed by atoms with Crippen molar-refractivity contribution in [3.8, 4) is 16.9 Å². The standard InChI is InChI=1S/C22H20N4O3/c1-15(2)26-21(28)20(27)24(22(26)29)13-17-14-25(18-11-7-4-8-12-18)23-19(17)16-9-5-3-6-10-16/h3-12,14-15H,13H2,1-2H3. The molecular formula is C22H20N4O3. The van der Waals surface area contributed by atoms with Gasteiger partial charge in [-0.15, -0.1) is 0 Å². The first-order valence-corrected chi connectivity index (χ1v) is 9.35. The highest BCUT2D eigenvalue weighted by molar-refractivity contribution is 6.44. The molecule has 2 aromatic carbocycles. The third-order valence-electron chi connectivity index (χ3n) is 4.79. The smallest absolute Gasteiger partial charge is 0.263 e. The summed E-state index contributed by atoms with van der Waals surface area (Å²) in [6.45, 7) is 3.38. The number of hydrogen-bond donors (Lipinski definition) is 0. The van der Waals surface area contributed by atoms with E-state index in [4.69, 9.17) is 0 Å². The normalized spacial score (nSPS) is 14.4. The van der Waals surface area contributed by atoms with Crippen molar-refractivity contribution in [2.45, 2.75) is 26.4 Å². The van der Waals surface area contributed by atoms with Crippen LogP contribution < -0.4 is 0 Å². The SMILES string of the molecule is CC(C)N1C(=O)C(=O)N(Cc2cn(-c3ccccc3)nc2-c2ccccc2)C1=O. The average Bonchev–Trinajstić information content (AvgIpc) is 3.24. The van der Waals surface area contributed by atoms with Crippen LogP contribution in [0.25, 0.3) is 16.9 Å². The van der Waals surface area contributed by atoms with Crippen LogP contribution >= 0.6 is 0 Å². The van der Waals surface area contributed by atoms with E-state index in [9.17, 15) is 14.4 Å². The summed E-state index contributed by atoms with van der Waals surface area (Å²) >= 11 is 0. The summed E-state index contributed by atoms with van der Waals surface area (Å²) < 4.78 is 1.71. The minimum Gasteiger partial charge on any atom is -0.263 e. The van der Waals surface area contributed by atoms with E-state index in [1.54, 1.807) is 24.7 Å². The van der Waals surface area contributed by atoms with Crippen LogP contribution in [0.15, 0.2) is 66.9 Å². The Kier molecular flexibility index (Phi) is 4.72. The molecule has 0 unspecified atom stereocenters. The monoisotopic (exact) mass is 388 g/mol. The summed E-state index contributed by atoms with van der Waals surface area (Å²) in [5, 5.41) is 4.68. The molecule has 1 aliphatic rings. The molecule has 0 aliphatic carbocycles. The fourth-order valence-electron chi connectivity index (χ4n) is 3.36. The van der Waals surface area contributed by atoms with Gasteiger partial charge in [0.05, 0.1) is 17.9 Å². The average molecular weight is 388 g/mol. The maximum Gasteiger partial charge on any atom is 0.334 e. The molecule has 3 aromatic rings. The third kappa shape index (κ3) is 3.31.